The fraction of sp³-hybridized carbons (Fsp3) is 0.167. The predicted octanol–water partition coefficient (Wildman–Crippen LogP) is 5.37. The molecule has 5 heteroatoms. The zero-order valence-corrected chi connectivity index (χ0v) is 11.3. The Morgan fingerprint density at radius 3 is 2.65 bits per heavy atom. The molecule has 0 amide bonds. The second-order valence-electron chi connectivity index (χ2n) is 3.68. The minimum absolute atomic E-state index is 0.0688. The fourth-order valence-corrected chi connectivity index (χ4v) is 2.57. The fourth-order valence-electron chi connectivity index (χ4n) is 1.47. The van der Waals surface area contributed by atoms with Gasteiger partial charge < -0.3 is 5.32 Å². The van der Waals surface area contributed by atoms with E-state index in [0.717, 1.165) is 9.90 Å². The summed E-state index contributed by atoms with van der Waals surface area (Å²) < 4.78 is 14.0. The molecule has 0 radical (unpaired) electrons. The van der Waals surface area contributed by atoms with Gasteiger partial charge in [-0.15, -0.1) is 11.3 Å². The Labute approximate surface area is 113 Å². The number of nitrogens with one attached hydrogen (secondary N) is 1. The number of anilines is 1. The maximum atomic E-state index is 13.2. The lowest BCUT2D eigenvalue weighted by atomic mass is 10.1. The molecule has 0 aliphatic carbocycles. The molecular formula is C12H10Cl2FNS. The standard InChI is InChI=1S/C12H10Cl2FNS/c1-7(8-4-12(14)17-6-8)16-9-2-3-10(13)11(15)5-9/h2-7,16H,1H3. The molecule has 90 valence electrons. The van der Waals surface area contributed by atoms with Gasteiger partial charge in [-0.25, -0.2) is 4.39 Å². The van der Waals surface area contributed by atoms with Gasteiger partial charge in [0.05, 0.1) is 9.36 Å². The molecule has 1 nitrogen and oxygen atoms in total. The Balaban J connectivity index is 2.12. The first-order valence-electron chi connectivity index (χ1n) is 5.02. The van der Waals surface area contributed by atoms with E-state index >= 15 is 0 Å². The van der Waals surface area contributed by atoms with E-state index in [-0.39, 0.29) is 11.1 Å². The molecule has 0 fully saturated rings. The van der Waals surface area contributed by atoms with Gasteiger partial charge in [-0.05, 0) is 42.1 Å². The third-order valence-electron chi connectivity index (χ3n) is 2.39. The Morgan fingerprint density at radius 1 is 1.29 bits per heavy atom. The van der Waals surface area contributed by atoms with Crippen molar-refractivity contribution in [3.05, 3.63) is 50.4 Å². The lowest BCUT2D eigenvalue weighted by Crippen LogP contribution is -2.05. The van der Waals surface area contributed by atoms with E-state index in [4.69, 9.17) is 23.2 Å². The third kappa shape index (κ3) is 3.12. The van der Waals surface area contributed by atoms with Crippen molar-refractivity contribution in [2.75, 3.05) is 5.32 Å². The van der Waals surface area contributed by atoms with Gasteiger partial charge >= 0.3 is 0 Å². The maximum Gasteiger partial charge on any atom is 0.143 e. The summed E-state index contributed by atoms with van der Waals surface area (Å²) in [6, 6.07) is 6.63. The van der Waals surface area contributed by atoms with Gasteiger partial charge in [-0.2, -0.15) is 0 Å². The highest BCUT2D eigenvalue weighted by atomic mass is 35.5. The van der Waals surface area contributed by atoms with E-state index in [9.17, 15) is 4.39 Å². The first kappa shape index (κ1) is 12.7. The summed E-state index contributed by atoms with van der Waals surface area (Å²) in [5.41, 5.74) is 1.78. The quantitative estimate of drug-likeness (QED) is 0.801. The normalized spacial score (nSPS) is 12.5. The van der Waals surface area contributed by atoms with Crippen molar-refractivity contribution in [2.24, 2.45) is 0 Å². The van der Waals surface area contributed by atoms with Crippen LogP contribution in [0.3, 0.4) is 0 Å². The molecular weight excluding hydrogens is 280 g/mol. The van der Waals surface area contributed by atoms with E-state index in [1.807, 2.05) is 18.4 Å². The molecule has 1 unspecified atom stereocenters. The second kappa shape index (κ2) is 5.25. The van der Waals surface area contributed by atoms with Crippen molar-refractivity contribution in [3.63, 3.8) is 0 Å². The van der Waals surface area contributed by atoms with E-state index < -0.39 is 5.82 Å². The predicted molar refractivity (Wildman–Crippen MR) is 72.8 cm³/mol. The Kier molecular flexibility index (Phi) is 3.92. The first-order valence-corrected chi connectivity index (χ1v) is 6.65. The van der Waals surface area contributed by atoms with Crippen molar-refractivity contribution in [3.8, 4) is 0 Å². The molecule has 0 aliphatic heterocycles. The molecule has 1 heterocycles. The Hall–Kier alpha value is -0.770. The SMILES string of the molecule is CC(Nc1ccc(Cl)c(F)c1)c1csc(Cl)c1. The summed E-state index contributed by atoms with van der Waals surface area (Å²) in [5, 5.41) is 5.29. The molecule has 1 N–H and O–H groups in total. The molecule has 1 aromatic heterocycles. The van der Waals surface area contributed by atoms with Crippen molar-refractivity contribution >= 4 is 40.2 Å². The average molecular weight is 290 g/mol. The summed E-state index contributed by atoms with van der Waals surface area (Å²) in [7, 11) is 0. The van der Waals surface area contributed by atoms with Crippen LogP contribution in [0.5, 0.6) is 0 Å². The Bertz CT molecular complexity index is 527. The van der Waals surface area contributed by atoms with E-state index in [0.29, 0.717) is 5.69 Å². The number of hydrogen-bond acceptors (Lipinski definition) is 2. The van der Waals surface area contributed by atoms with Gasteiger partial charge in [0, 0.05) is 11.7 Å². The van der Waals surface area contributed by atoms with Gasteiger partial charge in [0.25, 0.3) is 0 Å². The van der Waals surface area contributed by atoms with Crippen LogP contribution in [0.1, 0.15) is 18.5 Å². The lowest BCUT2D eigenvalue weighted by Gasteiger charge is -2.14. The van der Waals surface area contributed by atoms with Crippen molar-refractivity contribution < 1.29 is 4.39 Å². The molecule has 0 spiro atoms. The zero-order valence-electron chi connectivity index (χ0n) is 9.01. The van der Waals surface area contributed by atoms with Gasteiger partial charge in [-0.3, -0.25) is 0 Å². The van der Waals surface area contributed by atoms with E-state index in [1.165, 1.54) is 23.5 Å². The molecule has 1 aromatic carbocycles. The number of benzene rings is 1. The van der Waals surface area contributed by atoms with Gasteiger partial charge in [0.15, 0.2) is 0 Å². The van der Waals surface area contributed by atoms with E-state index in [1.54, 1.807) is 6.07 Å². The number of halogens is 3. The highest BCUT2D eigenvalue weighted by Crippen LogP contribution is 2.28. The van der Waals surface area contributed by atoms with Crippen LogP contribution < -0.4 is 5.32 Å². The van der Waals surface area contributed by atoms with Crippen LogP contribution in [0, 0.1) is 5.82 Å². The summed E-state index contributed by atoms with van der Waals surface area (Å²) in [4.78, 5) is 0. The summed E-state index contributed by atoms with van der Waals surface area (Å²) in [6.45, 7) is 1.99. The van der Waals surface area contributed by atoms with Gasteiger partial charge in [-0.1, -0.05) is 23.2 Å². The monoisotopic (exact) mass is 289 g/mol. The first-order chi connectivity index (χ1) is 8.06. The summed E-state index contributed by atoms with van der Waals surface area (Å²) in [5.74, 6) is -0.424. The molecule has 0 bridgehead atoms. The summed E-state index contributed by atoms with van der Waals surface area (Å²) in [6.07, 6.45) is 0. The van der Waals surface area contributed by atoms with Crippen LogP contribution in [-0.2, 0) is 0 Å². The number of hydrogen-bond donors (Lipinski definition) is 1. The lowest BCUT2D eigenvalue weighted by molar-refractivity contribution is 0.628. The highest BCUT2D eigenvalue weighted by Gasteiger charge is 2.08. The third-order valence-corrected chi connectivity index (χ3v) is 3.81. The average Bonchev–Trinajstić information content (AvgIpc) is 2.70. The van der Waals surface area contributed by atoms with Gasteiger partial charge in [0.1, 0.15) is 5.82 Å². The molecule has 2 aromatic rings. The van der Waals surface area contributed by atoms with Crippen LogP contribution in [-0.4, -0.2) is 0 Å². The largest absolute Gasteiger partial charge is 0.378 e. The van der Waals surface area contributed by atoms with Crippen LogP contribution in [0.2, 0.25) is 9.36 Å². The van der Waals surface area contributed by atoms with Crippen LogP contribution in [0.4, 0.5) is 10.1 Å². The number of rotatable bonds is 3. The minimum Gasteiger partial charge on any atom is -0.378 e. The number of thiophene rings is 1. The topological polar surface area (TPSA) is 12.0 Å². The molecule has 0 saturated heterocycles. The maximum absolute atomic E-state index is 13.2. The van der Waals surface area contributed by atoms with E-state index in [2.05, 4.69) is 5.32 Å². The zero-order chi connectivity index (χ0) is 12.4. The summed E-state index contributed by atoms with van der Waals surface area (Å²) >= 11 is 13.0. The molecule has 0 aliphatic rings. The Morgan fingerprint density at radius 2 is 2.06 bits per heavy atom. The molecule has 0 saturated carbocycles. The molecule has 2 rings (SSSR count). The second-order valence-corrected chi connectivity index (χ2v) is 5.63. The highest BCUT2D eigenvalue weighted by molar-refractivity contribution is 7.14. The molecule has 17 heavy (non-hydrogen) atoms. The van der Waals surface area contributed by atoms with Crippen molar-refractivity contribution in [1.29, 1.82) is 0 Å². The molecule has 1 atom stereocenters. The smallest absolute Gasteiger partial charge is 0.143 e. The van der Waals surface area contributed by atoms with Gasteiger partial charge in [0.2, 0.25) is 0 Å². The minimum atomic E-state index is -0.424. The van der Waals surface area contributed by atoms with Crippen LogP contribution in [0.25, 0.3) is 0 Å². The van der Waals surface area contributed by atoms with Crippen LogP contribution >= 0.6 is 34.5 Å². The van der Waals surface area contributed by atoms with Crippen molar-refractivity contribution in [1.82, 2.24) is 0 Å². The van der Waals surface area contributed by atoms with Crippen LogP contribution in [0.15, 0.2) is 29.6 Å². The van der Waals surface area contributed by atoms with Crippen molar-refractivity contribution in [2.45, 2.75) is 13.0 Å².